The minimum absolute atomic E-state index is 0.314. The molecule has 0 radical (unpaired) electrons. The summed E-state index contributed by atoms with van der Waals surface area (Å²) < 4.78 is 0. The van der Waals surface area contributed by atoms with E-state index in [0.717, 1.165) is 24.1 Å². The molecule has 0 spiro atoms. The molecule has 1 unspecified atom stereocenters. The highest BCUT2D eigenvalue weighted by Crippen LogP contribution is 2.23. The van der Waals surface area contributed by atoms with Gasteiger partial charge in [0.05, 0.1) is 6.04 Å². The molecule has 1 nitrogen and oxygen atoms in total. The van der Waals surface area contributed by atoms with Crippen LogP contribution in [0.1, 0.15) is 43.0 Å². The molecule has 0 aliphatic heterocycles. The summed E-state index contributed by atoms with van der Waals surface area (Å²) in [5.41, 5.74) is 4.67. The fourth-order valence-corrected chi connectivity index (χ4v) is 2.31. The molecule has 1 heteroatoms. The summed E-state index contributed by atoms with van der Waals surface area (Å²) in [4.78, 5) is 0. The fraction of sp³-hybridized carbons (Fsp3) is 0.263. The van der Waals surface area contributed by atoms with E-state index in [-0.39, 0.29) is 0 Å². The first-order valence-corrected chi connectivity index (χ1v) is 7.18. The molecule has 102 valence electrons. The maximum atomic E-state index is 5.45. The van der Waals surface area contributed by atoms with Gasteiger partial charge in [0, 0.05) is 11.3 Å². The van der Waals surface area contributed by atoms with Gasteiger partial charge in [-0.2, -0.15) is 0 Å². The van der Waals surface area contributed by atoms with Crippen LogP contribution in [0.2, 0.25) is 0 Å². The van der Waals surface area contributed by atoms with Crippen molar-refractivity contribution in [1.29, 1.82) is 0 Å². The summed E-state index contributed by atoms with van der Waals surface area (Å²) in [6.45, 7) is 4.37. The Morgan fingerprint density at radius 2 is 1.85 bits per heavy atom. The van der Waals surface area contributed by atoms with Gasteiger partial charge < -0.3 is 5.32 Å². The second-order valence-electron chi connectivity index (χ2n) is 4.93. The average molecular weight is 263 g/mol. The highest BCUT2D eigenvalue weighted by atomic mass is 14.9. The number of benzene rings is 2. The number of terminal acetylenes is 1. The molecule has 20 heavy (non-hydrogen) atoms. The largest absolute Gasteiger partial charge is 0.378 e. The van der Waals surface area contributed by atoms with Gasteiger partial charge >= 0.3 is 0 Å². The van der Waals surface area contributed by atoms with Crippen LogP contribution in [0.15, 0.2) is 48.5 Å². The number of anilines is 1. The molecule has 1 atom stereocenters. The lowest BCUT2D eigenvalue weighted by Gasteiger charge is -2.19. The van der Waals surface area contributed by atoms with Gasteiger partial charge in [0.25, 0.3) is 0 Å². The van der Waals surface area contributed by atoms with Crippen LogP contribution in [-0.4, -0.2) is 0 Å². The number of hydrogen-bond donors (Lipinski definition) is 1. The third-order valence-corrected chi connectivity index (χ3v) is 3.57. The molecule has 1 N–H and O–H groups in total. The van der Waals surface area contributed by atoms with Crippen molar-refractivity contribution < 1.29 is 0 Å². The molecule has 2 aromatic rings. The fourth-order valence-electron chi connectivity index (χ4n) is 2.31. The zero-order valence-electron chi connectivity index (χ0n) is 12.2. The van der Waals surface area contributed by atoms with Gasteiger partial charge in [-0.3, -0.25) is 0 Å². The van der Waals surface area contributed by atoms with Crippen LogP contribution in [-0.2, 0) is 6.42 Å². The lowest BCUT2D eigenvalue weighted by atomic mass is 10.0. The molecule has 0 bridgehead atoms. The number of rotatable bonds is 5. The Balaban J connectivity index is 2.17. The van der Waals surface area contributed by atoms with Gasteiger partial charge in [-0.05, 0) is 42.2 Å². The van der Waals surface area contributed by atoms with Crippen LogP contribution >= 0.6 is 0 Å². The van der Waals surface area contributed by atoms with E-state index in [0.29, 0.717) is 6.04 Å². The molecule has 0 saturated carbocycles. The maximum absolute atomic E-state index is 5.45. The van der Waals surface area contributed by atoms with Gasteiger partial charge in [-0.1, -0.05) is 50.1 Å². The van der Waals surface area contributed by atoms with E-state index in [1.165, 1.54) is 11.1 Å². The lowest BCUT2D eigenvalue weighted by Crippen LogP contribution is -2.09. The topological polar surface area (TPSA) is 12.0 Å². The first-order valence-electron chi connectivity index (χ1n) is 7.18. The molecule has 0 fully saturated rings. The molecule has 2 aromatic carbocycles. The number of nitrogens with one attached hydrogen (secondary N) is 1. The highest BCUT2D eigenvalue weighted by Gasteiger charge is 2.09. The highest BCUT2D eigenvalue weighted by molar-refractivity contribution is 5.51. The van der Waals surface area contributed by atoms with E-state index >= 15 is 0 Å². The van der Waals surface area contributed by atoms with Crippen molar-refractivity contribution in [3.8, 4) is 12.3 Å². The molecule has 0 aliphatic rings. The van der Waals surface area contributed by atoms with Gasteiger partial charge in [-0.25, -0.2) is 0 Å². The molecule has 0 amide bonds. The van der Waals surface area contributed by atoms with Crippen LogP contribution in [0, 0.1) is 12.3 Å². The van der Waals surface area contributed by atoms with Crippen molar-refractivity contribution in [2.45, 2.75) is 32.7 Å². The Labute approximate surface area is 122 Å². The molecular weight excluding hydrogens is 242 g/mol. The SMILES string of the molecule is C#Cc1cccc(NC(CC)c2ccc(CC)cc2)c1. The van der Waals surface area contributed by atoms with Crippen LogP contribution < -0.4 is 5.32 Å². The first-order chi connectivity index (χ1) is 9.76. The average Bonchev–Trinajstić information content (AvgIpc) is 2.53. The summed E-state index contributed by atoms with van der Waals surface area (Å²) >= 11 is 0. The molecule has 0 aromatic heterocycles. The van der Waals surface area contributed by atoms with Crippen molar-refractivity contribution in [3.63, 3.8) is 0 Å². The van der Waals surface area contributed by atoms with E-state index in [4.69, 9.17) is 6.42 Å². The minimum Gasteiger partial charge on any atom is -0.378 e. The third-order valence-electron chi connectivity index (χ3n) is 3.57. The van der Waals surface area contributed by atoms with Crippen LogP contribution in [0.5, 0.6) is 0 Å². The van der Waals surface area contributed by atoms with E-state index in [1.54, 1.807) is 0 Å². The van der Waals surface area contributed by atoms with E-state index in [1.807, 2.05) is 18.2 Å². The molecule has 0 aliphatic carbocycles. The third kappa shape index (κ3) is 3.42. The summed E-state index contributed by atoms with van der Waals surface area (Å²) in [7, 11) is 0. The Morgan fingerprint density at radius 3 is 2.45 bits per heavy atom. The smallest absolute Gasteiger partial charge is 0.0511 e. The normalized spacial score (nSPS) is 11.7. The Kier molecular flexibility index (Phi) is 4.85. The Morgan fingerprint density at radius 1 is 1.10 bits per heavy atom. The molecular formula is C19H21N. The lowest BCUT2D eigenvalue weighted by molar-refractivity contribution is 0.749. The van der Waals surface area contributed by atoms with Gasteiger partial charge in [0.1, 0.15) is 0 Å². The zero-order valence-corrected chi connectivity index (χ0v) is 12.2. The van der Waals surface area contributed by atoms with E-state index < -0.39 is 0 Å². The van der Waals surface area contributed by atoms with E-state index in [9.17, 15) is 0 Å². The van der Waals surface area contributed by atoms with Crippen molar-refractivity contribution >= 4 is 5.69 Å². The van der Waals surface area contributed by atoms with Gasteiger partial charge in [-0.15, -0.1) is 6.42 Å². The number of hydrogen-bond acceptors (Lipinski definition) is 1. The van der Waals surface area contributed by atoms with Crippen LogP contribution in [0.4, 0.5) is 5.69 Å². The first kappa shape index (κ1) is 14.2. The summed E-state index contributed by atoms with van der Waals surface area (Å²) in [5.74, 6) is 2.67. The monoisotopic (exact) mass is 263 g/mol. The van der Waals surface area contributed by atoms with Crippen LogP contribution in [0.25, 0.3) is 0 Å². The number of aryl methyl sites for hydroxylation is 1. The summed E-state index contributed by atoms with van der Waals surface area (Å²) in [5, 5.41) is 3.56. The Bertz CT molecular complexity index is 590. The van der Waals surface area contributed by atoms with Crippen molar-refractivity contribution in [2.75, 3.05) is 5.32 Å². The predicted octanol–water partition coefficient (Wildman–Crippen LogP) is 4.79. The Hall–Kier alpha value is -2.20. The molecule has 0 saturated heterocycles. The quantitative estimate of drug-likeness (QED) is 0.764. The maximum Gasteiger partial charge on any atom is 0.0511 e. The molecule has 2 rings (SSSR count). The summed E-state index contributed by atoms with van der Waals surface area (Å²) in [6.07, 6.45) is 7.56. The zero-order chi connectivity index (χ0) is 14.4. The van der Waals surface area contributed by atoms with Gasteiger partial charge in [0.2, 0.25) is 0 Å². The predicted molar refractivity (Wildman–Crippen MR) is 86.9 cm³/mol. The van der Waals surface area contributed by atoms with Crippen molar-refractivity contribution in [1.82, 2.24) is 0 Å². The minimum atomic E-state index is 0.314. The molecule has 0 heterocycles. The summed E-state index contributed by atoms with van der Waals surface area (Å²) in [6, 6.07) is 17.2. The van der Waals surface area contributed by atoms with Gasteiger partial charge in [0.15, 0.2) is 0 Å². The van der Waals surface area contributed by atoms with Crippen LogP contribution in [0.3, 0.4) is 0 Å². The second-order valence-corrected chi connectivity index (χ2v) is 4.93. The van der Waals surface area contributed by atoms with E-state index in [2.05, 4.69) is 55.4 Å². The standard InChI is InChI=1S/C19H21N/c1-4-15-10-12-17(13-11-15)19(6-3)20-18-9-7-8-16(5-2)14-18/h2,7-14,19-20H,4,6H2,1,3H3. The van der Waals surface area contributed by atoms with Crippen molar-refractivity contribution in [2.24, 2.45) is 0 Å². The second kappa shape index (κ2) is 6.82. The van der Waals surface area contributed by atoms with Crippen molar-refractivity contribution in [3.05, 3.63) is 65.2 Å².